The Bertz CT molecular complexity index is 1100. The van der Waals surface area contributed by atoms with E-state index in [1.165, 1.54) is 4.31 Å². The third-order valence-corrected chi connectivity index (χ3v) is 7.85. The summed E-state index contributed by atoms with van der Waals surface area (Å²) in [6.07, 6.45) is 0.559. The molecule has 0 aliphatic carbocycles. The average Bonchev–Trinajstić information content (AvgIpc) is 3.21. The van der Waals surface area contributed by atoms with Crippen molar-refractivity contribution in [3.8, 4) is 0 Å². The number of sulfonamides is 1. The Kier molecular flexibility index (Phi) is 7.76. The number of rotatable bonds is 8. The van der Waals surface area contributed by atoms with Gasteiger partial charge >= 0.3 is 6.03 Å². The van der Waals surface area contributed by atoms with Gasteiger partial charge in [0.15, 0.2) is 0 Å². The van der Waals surface area contributed by atoms with Crippen molar-refractivity contribution in [2.45, 2.75) is 45.1 Å². The van der Waals surface area contributed by atoms with Crippen LogP contribution in [0.5, 0.6) is 0 Å². The zero-order chi connectivity index (χ0) is 24.2. The van der Waals surface area contributed by atoms with Crippen LogP contribution in [0.4, 0.5) is 16.2 Å². The third-order valence-electron chi connectivity index (χ3n) is 5.81. The number of urea groups is 1. The molecule has 2 aromatic rings. The molecule has 3 rings (SSSR count). The van der Waals surface area contributed by atoms with E-state index in [9.17, 15) is 18.0 Å². The summed E-state index contributed by atoms with van der Waals surface area (Å²) in [7, 11) is -3.57. The fourth-order valence-corrected chi connectivity index (χ4v) is 5.50. The van der Waals surface area contributed by atoms with Crippen molar-refractivity contribution in [2.75, 3.05) is 29.9 Å². The van der Waals surface area contributed by atoms with Gasteiger partial charge in [0.1, 0.15) is 6.04 Å². The highest BCUT2D eigenvalue weighted by Gasteiger charge is 2.34. The van der Waals surface area contributed by atoms with Gasteiger partial charge in [-0.3, -0.25) is 4.79 Å². The van der Waals surface area contributed by atoms with Gasteiger partial charge in [0.25, 0.3) is 0 Å². The lowest BCUT2D eigenvalue weighted by Gasteiger charge is -2.27. The van der Waals surface area contributed by atoms with E-state index < -0.39 is 22.1 Å². The lowest BCUT2D eigenvalue weighted by molar-refractivity contribution is -0.121. The molecule has 1 atom stereocenters. The second-order valence-electron chi connectivity index (χ2n) is 8.31. The molecule has 0 saturated carbocycles. The highest BCUT2D eigenvalue weighted by molar-refractivity contribution is 7.89. The second-order valence-corrected chi connectivity index (χ2v) is 10.2. The quantitative estimate of drug-likeness (QED) is 0.615. The smallest absolute Gasteiger partial charge is 0.319 e. The predicted molar refractivity (Wildman–Crippen MR) is 130 cm³/mol. The van der Waals surface area contributed by atoms with Gasteiger partial charge in [-0.25, -0.2) is 13.2 Å². The zero-order valence-electron chi connectivity index (χ0n) is 19.5. The van der Waals surface area contributed by atoms with E-state index >= 15 is 0 Å². The van der Waals surface area contributed by atoms with Gasteiger partial charge in [-0.15, -0.1) is 0 Å². The van der Waals surface area contributed by atoms with Crippen LogP contribution >= 0.6 is 0 Å². The molecule has 178 valence electrons. The molecule has 33 heavy (non-hydrogen) atoms. The van der Waals surface area contributed by atoms with Crippen LogP contribution < -0.4 is 15.5 Å². The number of amides is 3. The van der Waals surface area contributed by atoms with Crippen LogP contribution in [0, 0.1) is 5.92 Å². The molecule has 0 saturated heterocycles. The Morgan fingerprint density at radius 2 is 1.73 bits per heavy atom. The number of anilines is 2. The maximum absolute atomic E-state index is 13.4. The molecule has 1 unspecified atom stereocenters. The minimum Gasteiger partial charge on any atom is -0.326 e. The van der Waals surface area contributed by atoms with Crippen LogP contribution in [0.25, 0.3) is 0 Å². The summed E-state index contributed by atoms with van der Waals surface area (Å²) in [5, 5.41) is 5.54. The molecule has 1 heterocycles. The van der Waals surface area contributed by atoms with Gasteiger partial charge in [0.2, 0.25) is 15.9 Å². The molecule has 2 aromatic carbocycles. The molecule has 1 aliphatic heterocycles. The third kappa shape index (κ3) is 5.36. The summed E-state index contributed by atoms with van der Waals surface area (Å²) in [5.74, 6) is -0.350. The van der Waals surface area contributed by atoms with Crippen molar-refractivity contribution in [2.24, 2.45) is 5.92 Å². The highest BCUT2D eigenvalue weighted by Crippen LogP contribution is 2.32. The zero-order valence-corrected chi connectivity index (χ0v) is 20.4. The lowest BCUT2D eigenvalue weighted by Crippen LogP contribution is -2.52. The van der Waals surface area contributed by atoms with Crippen LogP contribution in [0.3, 0.4) is 0 Å². The van der Waals surface area contributed by atoms with Crippen LogP contribution in [-0.4, -0.2) is 50.3 Å². The summed E-state index contributed by atoms with van der Waals surface area (Å²) in [6, 6.07) is 12.8. The van der Waals surface area contributed by atoms with Gasteiger partial charge in [0.05, 0.1) is 4.90 Å². The number of hydrogen-bond acceptors (Lipinski definition) is 4. The fraction of sp³-hybridized carbons (Fsp3) is 0.417. The van der Waals surface area contributed by atoms with Crippen LogP contribution in [0.1, 0.15) is 33.3 Å². The van der Waals surface area contributed by atoms with Crippen LogP contribution in [0.15, 0.2) is 53.4 Å². The lowest BCUT2D eigenvalue weighted by atomic mass is 10.0. The van der Waals surface area contributed by atoms with Gasteiger partial charge in [0, 0.05) is 31.0 Å². The number of nitrogens with one attached hydrogen (secondary N) is 2. The van der Waals surface area contributed by atoms with E-state index in [0.717, 1.165) is 5.56 Å². The van der Waals surface area contributed by atoms with E-state index in [0.29, 0.717) is 37.4 Å². The maximum atomic E-state index is 13.4. The van der Waals surface area contributed by atoms with E-state index in [2.05, 4.69) is 10.6 Å². The molecule has 9 heteroatoms. The Balaban J connectivity index is 1.78. The molecule has 0 spiro atoms. The first kappa shape index (κ1) is 24.7. The number of benzene rings is 2. The molecular weight excluding hydrogens is 440 g/mol. The topological polar surface area (TPSA) is 98.8 Å². The minimum atomic E-state index is -3.57. The summed E-state index contributed by atoms with van der Waals surface area (Å²) in [6.45, 7) is 8.60. The van der Waals surface area contributed by atoms with E-state index in [-0.39, 0.29) is 16.7 Å². The monoisotopic (exact) mass is 472 g/mol. The van der Waals surface area contributed by atoms with Crippen molar-refractivity contribution in [1.82, 2.24) is 9.62 Å². The van der Waals surface area contributed by atoms with E-state index in [4.69, 9.17) is 0 Å². The van der Waals surface area contributed by atoms with Crippen molar-refractivity contribution in [1.29, 1.82) is 0 Å². The first-order chi connectivity index (χ1) is 15.7. The normalized spacial score (nSPS) is 14.3. The standard InChI is InChI=1S/C24H32N4O4S/c1-5-27(6-2)33(31,32)20-12-13-21-18(16-20)14-15-28(21)23(29)22(17(3)4)26-24(30)25-19-10-8-7-9-11-19/h7-13,16-17,22H,5-6,14-15H2,1-4H3,(H2,25,26,30). The van der Waals surface area contributed by atoms with Crippen LogP contribution in [0.2, 0.25) is 0 Å². The van der Waals surface area contributed by atoms with E-state index in [1.807, 2.05) is 45.9 Å². The number of carbonyl (C=O) groups is 2. The number of fused-ring (bicyclic) bond motifs is 1. The number of carbonyl (C=O) groups excluding carboxylic acids is 2. The van der Waals surface area contributed by atoms with Crippen molar-refractivity contribution in [3.05, 3.63) is 54.1 Å². The second kappa shape index (κ2) is 10.4. The molecule has 0 radical (unpaired) electrons. The van der Waals surface area contributed by atoms with Gasteiger partial charge in [-0.1, -0.05) is 45.9 Å². The summed E-state index contributed by atoms with van der Waals surface area (Å²) >= 11 is 0. The van der Waals surface area contributed by atoms with Crippen molar-refractivity contribution >= 4 is 33.3 Å². The average molecular weight is 473 g/mol. The Morgan fingerprint density at radius 3 is 2.33 bits per heavy atom. The Labute approximate surface area is 196 Å². The summed E-state index contributed by atoms with van der Waals surface area (Å²) in [5.41, 5.74) is 2.14. The molecule has 2 N–H and O–H groups in total. The maximum Gasteiger partial charge on any atom is 0.319 e. The first-order valence-electron chi connectivity index (χ1n) is 11.3. The molecular formula is C24H32N4O4S. The molecule has 0 aromatic heterocycles. The highest BCUT2D eigenvalue weighted by atomic mass is 32.2. The first-order valence-corrected chi connectivity index (χ1v) is 12.7. The molecule has 8 nitrogen and oxygen atoms in total. The number of nitrogens with zero attached hydrogens (tertiary/aromatic N) is 2. The minimum absolute atomic E-state index is 0.134. The summed E-state index contributed by atoms with van der Waals surface area (Å²) in [4.78, 5) is 27.8. The van der Waals surface area contributed by atoms with Crippen molar-refractivity contribution < 1.29 is 18.0 Å². The number of hydrogen-bond donors (Lipinski definition) is 2. The fourth-order valence-electron chi connectivity index (χ4n) is 3.99. The Hall–Kier alpha value is -2.91. The van der Waals surface area contributed by atoms with Crippen molar-refractivity contribution in [3.63, 3.8) is 0 Å². The van der Waals surface area contributed by atoms with Gasteiger partial charge in [-0.2, -0.15) is 4.31 Å². The molecule has 3 amide bonds. The van der Waals surface area contributed by atoms with Crippen LogP contribution in [-0.2, 0) is 21.2 Å². The van der Waals surface area contributed by atoms with E-state index in [1.54, 1.807) is 35.2 Å². The molecule has 0 bridgehead atoms. The Morgan fingerprint density at radius 1 is 1.06 bits per heavy atom. The van der Waals surface area contributed by atoms with Gasteiger partial charge in [-0.05, 0) is 48.2 Å². The largest absolute Gasteiger partial charge is 0.326 e. The summed E-state index contributed by atoms with van der Waals surface area (Å²) < 4.78 is 27.2. The molecule has 1 aliphatic rings. The predicted octanol–water partition coefficient (Wildman–Crippen LogP) is 3.45. The number of para-hydroxylation sites is 1. The van der Waals surface area contributed by atoms with Gasteiger partial charge < -0.3 is 15.5 Å². The molecule has 0 fully saturated rings. The SMILES string of the molecule is CCN(CC)S(=O)(=O)c1ccc2c(c1)CCN2C(=O)C(NC(=O)Nc1ccccc1)C(C)C.